The summed E-state index contributed by atoms with van der Waals surface area (Å²) in [4.78, 5) is 28.4. The molecule has 0 aromatic heterocycles. The van der Waals surface area contributed by atoms with Crippen LogP contribution in [0.25, 0.3) is 0 Å². The van der Waals surface area contributed by atoms with E-state index in [1.165, 1.54) is 17.0 Å². The smallest absolute Gasteiger partial charge is 0.261 e. The van der Waals surface area contributed by atoms with E-state index < -0.39 is 24.4 Å². The molecule has 184 valence electrons. The lowest BCUT2D eigenvalue weighted by Gasteiger charge is -2.32. The number of carbonyl (C=O) groups is 2. The Balaban J connectivity index is 1.91. The van der Waals surface area contributed by atoms with Gasteiger partial charge in [0.05, 0.1) is 0 Å². The van der Waals surface area contributed by atoms with E-state index in [2.05, 4.69) is 5.32 Å². The number of amides is 2. The fraction of sp³-hybridized carbons (Fsp3) is 0.286. The van der Waals surface area contributed by atoms with Gasteiger partial charge in [0, 0.05) is 24.0 Å². The molecule has 35 heavy (non-hydrogen) atoms. The maximum atomic E-state index is 14.1. The van der Waals surface area contributed by atoms with Gasteiger partial charge in [-0.05, 0) is 48.7 Å². The molecule has 0 aliphatic carbocycles. The first-order chi connectivity index (χ1) is 16.9. The molecule has 3 aromatic carbocycles. The van der Waals surface area contributed by atoms with E-state index in [-0.39, 0.29) is 24.2 Å². The minimum Gasteiger partial charge on any atom is -0.481 e. The van der Waals surface area contributed by atoms with E-state index in [9.17, 15) is 14.0 Å². The summed E-state index contributed by atoms with van der Waals surface area (Å²) in [7, 11) is 0. The molecule has 0 aliphatic heterocycles. The molecule has 3 rings (SSSR count). The van der Waals surface area contributed by atoms with E-state index >= 15 is 0 Å². The summed E-state index contributed by atoms with van der Waals surface area (Å²) in [6.07, 6.45) is 1.08. The van der Waals surface area contributed by atoms with E-state index in [1.54, 1.807) is 24.3 Å². The van der Waals surface area contributed by atoms with Crippen molar-refractivity contribution < 1.29 is 18.7 Å². The van der Waals surface area contributed by atoms with E-state index in [0.29, 0.717) is 11.4 Å². The van der Waals surface area contributed by atoms with Gasteiger partial charge < -0.3 is 15.0 Å². The second-order valence-electron chi connectivity index (χ2n) is 8.39. The molecule has 2 atom stereocenters. The lowest BCUT2D eigenvalue weighted by atomic mass is 10.0. The fourth-order valence-corrected chi connectivity index (χ4v) is 3.69. The number of ether oxygens (including phenoxy) is 1. The van der Waals surface area contributed by atoms with Gasteiger partial charge in [-0.3, -0.25) is 9.59 Å². The second kappa shape index (κ2) is 12.9. The van der Waals surface area contributed by atoms with Gasteiger partial charge in [-0.15, -0.1) is 0 Å². The van der Waals surface area contributed by atoms with Crippen LogP contribution >= 0.6 is 11.6 Å². The second-order valence-corrected chi connectivity index (χ2v) is 8.83. The van der Waals surface area contributed by atoms with Crippen LogP contribution in [0.3, 0.4) is 0 Å². The summed E-state index contributed by atoms with van der Waals surface area (Å²) in [5.41, 5.74) is 1.73. The van der Waals surface area contributed by atoms with E-state index in [4.69, 9.17) is 16.3 Å². The predicted molar refractivity (Wildman–Crippen MR) is 136 cm³/mol. The zero-order valence-corrected chi connectivity index (χ0v) is 20.7. The summed E-state index contributed by atoms with van der Waals surface area (Å²) in [5, 5.41) is 3.58. The first kappa shape index (κ1) is 26.2. The minimum absolute atomic E-state index is 0.0176. The molecule has 0 spiro atoms. The Morgan fingerprint density at radius 3 is 2.29 bits per heavy atom. The van der Waals surface area contributed by atoms with E-state index in [1.807, 2.05) is 56.3 Å². The van der Waals surface area contributed by atoms with Crippen LogP contribution in [0, 0.1) is 5.82 Å². The molecule has 1 N–H and O–H groups in total. The van der Waals surface area contributed by atoms with Crippen LogP contribution in [0.2, 0.25) is 5.02 Å². The Labute approximate surface area is 210 Å². The highest BCUT2D eigenvalue weighted by Crippen LogP contribution is 2.19. The van der Waals surface area contributed by atoms with Crippen molar-refractivity contribution in [1.82, 2.24) is 10.2 Å². The third kappa shape index (κ3) is 7.82. The molecule has 0 heterocycles. The van der Waals surface area contributed by atoms with Crippen molar-refractivity contribution in [2.45, 2.75) is 45.3 Å². The Morgan fingerprint density at radius 1 is 0.971 bits per heavy atom. The SMILES string of the molecule is CC[C@H](C)NC(=O)[C@H](Cc1ccccc1)N(Cc1ccc(Cl)cc1)C(=O)COc1ccccc1F. The van der Waals surface area contributed by atoms with Crippen LogP contribution in [0.1, 0.15) is 31.4 Å². The van der Waals surface area contributed by atoms with Crippen LogP contribution in [0.5, 0.6) is 5.75 Å². The lowest BCUT2D eigenvalue weighted by Crippen LogP contribution is -2.53. The number of carbonyl (C=O) groups excluding carboxylic acids is 2. The van der Waals surface area contributed by atoms with Gasteiger partial charge in [0.2, 0.25) is 5.91 Å². The number of rotatable bonds is 11. The number of nitrogens with one attached hydrogen (secondary N) is 1. The van der Waals surface area contributed by atoms with Crippen LogP contribution in [-0.4, -0.2) is 35.4 Å². The van der Waals surface area contributed by atoms with Gasteiger partial charge in [-0.1, -0.05) is 73.1 Å². The molecule has 0 saturated carbocycles. The fourth-order valence-electron chi connectivity index (χ4n) is 3.57. The van der Waals surface area contributed by atoms with Gasteiger partial charge in [0.1, 0.15) is 6.04 Å². The van der Waals surface area contributed by atoms with Crippen molar-refractivity contribution in [2.24, 2.45) is 0 Å². The number of halogens is 2. The van der Waals surface area contributed by atoms with Gasteiger partial charge in [0.15, 0.2) is 18.2 Å². The number of hydrogen-bond donors (Lipinski definition) is 1. The Hall–Kier alpha value is -3.38. The Kier molecular flexibility index (Phi) is 9.67. The Bertz CT molecular complexity index is 1110. The molecule has 0 fully saturated rings. The van der Waals surface area contributed by atoms with Gasteiger partial charge >= 0.3 is 0 Å². The highest BCUT2D eigenvalue weighted by Gasteiger charge is 2.31. The molecule has 0 aliphatic rings. The largest absolute Gasteiger partial charge is 0.481 e. The number of nitrogens with zero attached hydrogens (tertiary/aromatic N) is 1. The maximum absolute atomic E-state index is 14.1. The molecule has 0 saturated heterocycles. The first-order valence-corrected chi connectivity index (χ1v) is 12.0. The molecule has 0 bridgehead atoms. The van der Waals surface area contributed by atoms with Crippen molar-refractivity contribution in [3.8, 4) is 5.75 Å². The summed E-state index contributed by atoms with van der Waals surface area (Å²) in [5.74, 6) is -1.25. The van der Waals surface area contributed by atoms with Crippen LogP contribution in [-0.2, 0) is 22.6 Å². The number of benzene rings is 3. The molecular formula is C28H30ClFN2O3. The molecule has 5 nitrogen and oxygen atoms in total. The molecule has 2 amide bonds. The summed E-state index contributed by atoms with van der Waals surface area (Å²) in [6, 6.07) is 21.7. The molecule has 7 heteroatoms. The first-order valence-electron chi connectivity index (χ1n) is 11.6. The van der Waals surface area contributed by atoms with Crippen molar-refractivity contribution in [1.29, 1.82) is 0 Å². The molecule has 3 aromatic rings. The zero-order valence-electron chi connectivity index (χ0n) is 19.9. The Morgan fingerprint density at radius 2 is 1.63 bits per heavy atom. The monoisotopic (exact) mass is 496 g/mol. The highest BCUT2D eigenvalue weighted by atomic mass is 35.5. The van der Waals surface area contributed by atoms with Crippen LogP contribution < -0.4 is 10.1 Å². The van der Waals surface area contributed by atoms with Crippen LogP contribution in [0.15, 0.2) is 78.9 Å². The van der Waals surface area contributed by atoms with Crippen molar-refractivity contribution in [2.75, 3.05) is 6.61 Å². The van der Waals surface area contributed by atoms with Crippen molar-refractivity contribution in [3.05, 3.63) is 101 Å². The average Bonchev–Trinajstić information content (AvgIpc) is 2.87. The highest BCUT2D eigenvalue weighted by molar-refractivity contribution is 6.30. The normalized spacial score (nSPS) is 12.5. The van der Waals surface area contributed by atoms with Gasteiger partial charge in [0.25, 0.3) is 5.91 Å². The average molecular weight is 497 g/mol. The standard InChI is InChI=1S/C28H30ClFN2O3/c1-3-20(2)31-28(34)25(17-21-9-5-4-6-10-21)32(18-22-13-15-23(29)16-14-22)27(33)19-35-26-12-8-7-11-24(26)30/h4-16,20,25H,3,17-19H2,1-2H3,(H,31,34)/t20-,25-/m0/s1. The van der Waals surface area contributed by atoms with Gasteiger partial charge in [-0.25, -0.2) is 4.39 Å². The minimum atomic E-state index is -0.793. The third-order valence-electron chi connectivity index (χ3n) is 5.73. The topological polar surface area (TPSA) is 58.6 Å². The lowest BCUT2D eigenvalue weighted by molar-refractivity contribution is -0.143. The maximum Gasteiger partial charge on any atom is 0.261 e. The van der Waals surface area contributed by atoms with E-state index in [0.717, 1.165) is 17.5 Å². The summed E-state index contributed by atoms with van der Waals surface area (Å²) >= 11 is 6.04. The van der Waals surface area contributed by atoms with Crippen LogP contribution in [0.4, 0.5) is 4.39 Å². The molecular weight excluding hydrogens is 467 g/mol. The van der Waals surface area contributed by atoms with Crippen molar-refractivity contribution >= 4 is 23.4 Å². The predicted octanol–water partition coefficient (Wildman–Crippen LogP) is 5.41. The van der Waals surface area contributed by atoms with Crippen molar-refractivity contribution in [3.63, 3.8) is 0 Å². The quantitative estimate of drug-likeness (QED) is 0.386. The number of hydrogen-bond acceptors (Lipinski definition) is 3. The number of para-hydroxylation sites is 1. The van der Waals surface area contributed by atoms with Gasteiger partial charge in [-0.2, -0.15) is 0 Å². The summed E-state index contributed by atoms with van der Waals surface area (Å²) in [6.45, 7) is 3.67. The summed E-state index contributed by atoms with van der Waals surface area (Å²) < 4.78 is 19.6. The third-order valence-corrected chi connectivity index (χ3v) is 5.98. The zero-order chi connectivity index (χ0) is 25.2. The molecule has 0 radical (unpaired) electrons. The molecule has 0 unspecified atom stereocenters.